The van der Waals surface area contributed by atoms with Crippen LogP contribution in [0.4, 0.5) is 10.8 Å². The highest BCUT2D eigenvalue weighted by molar-refractivity contribution is 7.16. The quantitative estimate of drug-likeness (QED) is 0.815. The smallest absolute Gasteiger partial charge is 0.286 e. The van der Waals surface area contributed by atoms with Crippen LogP contribution in [0.1, 0.15) is 16.7 Å². The molecule has 0 bridgehead atoms. The average Bonchev–Trinajstić information content (AvgIpc) is 2.87. The van der Waals surface area contributed by atoms with Crippen LogP contribution in [0.2, 0.25) is 0 Å². The summed E-state index contributed by atoms with van der Waals surface area (Å²) < 4.78 is 1.71. The predicted octanol–water partition coefficient (Wildman–Crippen LogP) is 0.589. The van der Waals surface area contributed by atoms with E-state index in [1.807, 2.05) is 6.92 Å². The van der Waals surface area contributed by atoms with Crippen LogP contribution in [0.5, 0.6) is 0 Å². The highest BCUT2D eigenvalue weighted by Gasteiger charge is 2.12. The Morgan fingerprint density at radius 1 is 1.62 bits per heavy atom. The first kappa shape index (κ1) is 10.6. The van der Waals surface area contributed by atoms with Gasteiger partial charge in [0.1, 0.15) is 0 Å². The number of amides is 1. The van der Waals surface area contributed by atoms with Crippen molar-refractivity contribution in [1.82, 2.24) is 20.0 Å². The van der Waals surface area contributed by atoms with Gasteiger partial charge in [-0.3, -0.25) is 9.48 Å². The van der Waals surface area contributed by atoms with Gasteiger partial charge in [0.05, 0.1) is 11.9 Å². The zero-order valence-corrected chi connectivity index (χ0v) is 9.36. The number of hydrogen-bond donors (Lipinski definition) is 2. The monoisotopic (exact) mass is 238 g/mol. The van der Waals surface area contributed by atoms with Gasteiger partial charge in [0.25, 0.3) is 5.91 Å². The molecule has 2 heterocycles. The molecule has 0 aromatic carbocycles. The Labute approximate surface area is 95.3 Å². The summed E-state index contributed by atoms with van der Waals surface area (Å²) in [6, 6.07) is 0. The second kappa shape index (κ2) is 4.27. The number of carbonyl (C=O) groups excluding carboxylic acids is 1. The van der Waals surface area contributed by atoms with Crippen LogP contribution in [0.25, 0.3) is 0 Å². The molecule has 0 saturated carbocycles. The highest BCUT2D eigenvalue weighted by atomic mass is 32.1. The molecule has 84 valence electrons. The molecule has 1 amide bonds. The highest BCUT2D eigenvalue weighted by Crippen LogP contribution is 2.13. The molecule has 0 radical (unpaired) electrons. The number of carbonyl (C=O) groups is 1. The molecule has 2 aromatic heterocycles. The topological polar surface area (TPSA) is 98.7 Å². The molecule has 3 N–H and O–H groups in total. The summed E-state index contributed by atoms with van der Waals surface area (Å²) >= 11 is 1.04. The average molecular weight is 238 g/mol. The molecule has 0 fully saturated rings. The van der Waals surface area contributed by atoms with Gasteiger partial charge in [-0.1, -0.05) is 11.3 Å². The van der Waals surface area contributed by atoms with Gasteiger partial charge in [0.15, 0.2) is 0 Å². The number of nitrogens with two attached hydrogens (primary N) is 1. The maximum absolute atomic E-state index is 11.6. The zero-order chi connectivity index (χ0) is 11.5. The Balaban J connectivity index is 2.07. The van der Waals surface area contributed by atoms with Crippen LogP contribution in [0, 0.1) is 0 Å². The van der Waals surface area contributed by atoms with E-state index in [1.165, 1.54) is 0 Å². The molecule has 16 heavy (non-hydrogen) atoms. The largest absolute Gasteiger partial charge is 0.374 e. The Hall–Kier alpha value is -1.96. The number of anilines is 2. The fraction of sp³-hybridized carbons (Fsp3) is 0.250. The number of aromatic nitrogens is 4. The number of nitrogens with one attached hydrogen (secondary N) is 1. The molecule has 0 saturated heterocycles. The minimum absolute atomic E-state index is 0.238. The van der Waals surface area contributed by atoms with Gasteiger partial charge in [-0.25, -0.2) is 0 Å². The third-order valence-electron chi connectivity index (χ3n) is 1.85. The van der Waals surface area contributed by atoms with E-state index in [4.69, 9.17) is 5.73 Å². The lowest BCUT2D eigenvalue weighted by Gasteiger charge is -1.96. The molecule has 7 nitrogen and oxygen atoms in total. The Kier molecular flexibility index (Phi) is 2.82. The molecule has 0 atom stereocenters. The van der Waals surface area contributed by atoms with Gasteiger partial charge < -0.3 is 11.1 Å². The van der Waals surface area contributed by atoms with Crippen LogP contribution >= 0.6 is 11.3 Å². The van der Waals surface area contributed by atoms with Crippen molar-refractivity contribution in [2.75, 3.05) is 11.1 Å². The zero-order valence-electron chi connectivity index (χ0n) is 8.54. The van der Waals surface area contributed by atoms with Crippen molar-refractivity contribution >= 4 is 28.1 Å². The van der Waals surface area contributed by atoms with Crippen molar-refractivity contribution in [2.45, 2.75) is 13.5 Å². The summed E-state index contributed by atoms with van der Waals surface area (Å²) in [6.07, 6.45) is 3.31. The van der Waals surface area contributed by atoms with Crippen LogP contribution in [-0.4, -0.2) is 25.9 Å². The van der Waals surface area contributed by atoms with Crippen LogP contribution < -0.4 is 11.1 Å². The first-order valence-electron chi connectivity index (χ1n) is 4.62. The van der Waals surface area contributed by atoms with Gasteiger partial charge in [-0.15, -0.1) is 10.2 Å². The van der Waals surface area contributed by atoms with E-state index in [-0.39, 0.29) is 16.0 Å². The summed E-state index contributed by atoms with van der Waals surface area (Å²) in [5.41, 5.74) is 6.01. The van der Waals surface area contributed by atoms with Crippen LogP contribution in [0.3, 0.4) is 0 Å². The third kappa shape index (κ3) is 2.16. The summed E-state index contributed by atoms with van der Waals surface area (Å²) in [6.45, 7) is 2.71. The van der Waals surface area contributed by atoms with Gasteiger partial charge in [0.2, 0.25) is 10.1 Å². The summed E-state index contributed by atoms with van der Waals surface area (Å²) in [5.74, 6) is -0.329. The third-order valence-corrected chi connectivity index (χ3v) is 2.60. The molecule has 2 aromatic rings. The van der Waals surface area contributed by atoms with Gasteiger partial charge in [0, 0.05) is 12.7 Å². The maximum atomic E-state index is 11.6. The maximum Gasteiger partial charge on any atom is 0.286 e. The predicted molar refractivity (Wildman–Crippen MR) is 60.2 cm³/mol. The van der Waals surface area contributed by atoms with Crippen LogP contribution in [0.15, 0.2) is 12.4 Å². The minimum atomic E-state index is -0.329. The molecule has 2 rings (SSSR count). The van der Waals surface area contributed by atoms with E-state index in [9.17, 15) is 4.79 Å². The van der Waals surface area contributed by atoms with E-state index in [2.05, 4.69) is 20.6 Å². The lowest BCUT2D eigenvalue weighted by atomic mass is 10.5. The van der Waals surface area contributed by atoms with Crippen LogP contribution in [-0.2, 0) is 6.54 Å². The fourth-order valence-electron chi connectivity index (χ4n) is 1.11. The van der Waals surface area contributed by atoms with Gasteiger partial charge in [-0.2, -0.15) is 5.10 Å². The molecule has 0 aliphatic carbocycles. The van der Waals surface area contributed by atoms with Crippen molar-refractivity contribution in [1.29, 1.82) is 0 Å². The SMILES string of the molecule is CCn1cc(NC(=O)c2nnc(N)s2)cn1. The second-order valence-electron chi connectivity index (χ2n) is 2.98. The lowest BCUT2D eigenvalue weighted by molar-refractivity contribution is 0.102. The molecule has 0 aliphatic heterocycles. The number of hydrogen-bond acceptors (Lipinski definition) is 6. The molecular weight excluding hydrogens is 228 g/mol. The van der Waals surface area contributed by atoms with E-state index >= 15 is 0 Å². The van der Waals surface area contributed by atoms with Crippen molar-refractivity contribution in [2.24, 2.45) is 0 Å². The Morgan fingerprint density at radius 2 is 2.44 bits per heavy atom. The number of rotatable bonds is 3. The van der Waals surface area contributed by atoms with E-state index < -0.39 is 0 Å². The van der Waals surface area contributed by atoms with Crippen molar-refractivity contribution < 1.29 is 4.79 Å². The lowest BCUT2D eigenvalue weighted by Crippen LogP contribution is -2.11. The fourth-order valence-corrected chi connectivity index (χ4v) is 1.62. The molecule has 8 heteroatoms. The summed E-state index contributed by atoms with van der Waals surface area (Å²) in [5, 5.41) is 14.4. The Bertz CT molecular complexity index is 504. The molecule has 0 aliphatic rings. The standard InChI is InChI=1S/C8H10N6OS/c1-2-14-4-5(3-10-14)11-6(15)7-12-13-8(9)16-7/h3-4H,2H2,1H3,(H2,9,13)(H,11,15). The van der Waals surface area contributed by atoms with E-state index in [0.717, 1.165) is 17.9 Å². The van der Waals surface area contributed by atoms with Crippen molar-refractivity contribution in [3.63, 3.8) is 0 Å². The number of nitrogen functional groups attached to an aromatic ring is 1. The summed E-state index contributed by atoms with van der Waals surface area (Å²) in [7, 11) is 0. The van der Waals surface area contributed by atoms with E-state index in [1.54, 1.807) is 17.1 Å². The Morgan fingerprint density at radius 3 is 3.00 bits per heavy atom. The second-order valence-corrected chi connectivity index (χ2v) is 3.99. The molecule has 0 spiro atoms. The van der Waals surface area contributed by atoms with Gasteiger partial charge >= 0.3 is 0 Å². The normalized spacial score (nSPS) is 10.3. The van der Waals surface area contributed by atoms with E-state index in [0.29, 0.717) is 5.69 Å². The number of aryl methyl sites for hydroxylation is 1. The molecular formula is C8H10N6OS. The van der Waals surface area contributed by atoms with Gasteiger partial charge in [-0.05, 0) is 6.92 Å². The summed E-state index contributed by atoms with van der Waals surface area (Å²) in [4.78, 5) is 11.6. The molecule has 0 unspecified atom stereocenters. The first-order valence-corrected chi connectivity index (χ1v) is 5.43. The van der Waals surface area contributed by atoms with Crippen molar-refractivity contribution in [3.05, 3.63) is 17.4 Å². The first-order chi connectivity index (χ1) is 7.69. The van der Waals surface area contributed by atoms with Crippen molar-refractivity contribution in [3.8, 4) is 0 Å². The number of nitrogens with zero attached hydrogens (tertiary/aromatic N) is 4. The minimum Gasteiger partial charge on any atom is -0.374 e.